The molecule has 0 fully saturated rings. The molecule has 2 aromatic heterocycles. The fourth-order valence-electron chi connectivity index (χ4n) is 2.77. The van der Waals surface area contributed by atoms with Gasteiger partial charge in [-0.2, -0.15) is 0 Å². The zero-order valence-electron chi connectivity index (χ0n) is 14.6. The van der Waals surface area contributed by atoms with Crippen LogP contribution in [0.4, 0.5) is 5.13 Å². The highest BCUT2D eigenvalue weighted by molar-refractivity contribution is 8.02. The van der Waals surface area contributed by atoms with Crippen LogP contribution in [0.25, 0.3) is 5.69 Å². The van der Waals surface area contributed by atoms with Crippen LogP contribution >= 0.6 is 23.1 Å². The summed E-state index contributed by atoms with van der Waals surface area (Å²) in [4.78, 5) is 12.9. The summed E-state index contributed by atoms with van der Waals surface area (Å²) < 4.78 is 2.91. The highest BCUT2D eigenvalue weighted by Crippen LogP contribution is 2.31. The molecule has 0 aliphatic heterocycles. The fraction of sp³-hybridized carbons (Fsp3) is 0.278. The number of carbonyl (C=O) groups excluding carboxylic acids is 1. The third kappa shape index (κ3) is 3.62. The third-order valence-electron chi connectivity index (χ3n) is 3.98. The first-order valence-electron chi connectivity index (χ1n) is 7.97. The molecule has 0 amide bonds. The van der Waals surface area contributed by atoms with E-state index in [0.29, 0.717) is 0 Å². The molecule has 0 bridgehead atoms. The van der Waals surface area contributed by atoms with E-state index in [1.54, 1.807) is 0 Å². The molecule has 25 heavy (non-hydrogen) atoms. The van der Waals surface area contributed by atoms with Crippen molar-refractivity contribution in [3.8, 4) is 5.69 Å². The summed E-state index contributed by atoms with van der Waals surface area (Å²) in [7, 11) is 1.81. The van der Waals surface area contributed by atoms with Crippen molar-refractivity contribution in [1.82, 2.24) is 14.8 Å². The Labute approximate surface area is 155 Å². The maximum Gasteiger partial charge on any atom is 0.206 e. The Bertz CT molecular complexity index is 886. The van der Waals surface area contributed by atoms with E-state index in [1.807, 2.05) is 64.2 Å². The number of aryl methyl sites for hydroxylation is 1. The van der Waals surface area contributed by atoms with Crippen molar-refractivity contribution in [1.29, 1.82) is 0 Å². The third-order valence-corrected chi connectivity index (χ3v) is 6.10. The molecule has 2 heterocycles. The molecule has 1 aromatic carbocycles. The number of hydrogen-bond acceptors (Lipinski definition) is 6. The Kier molecular flexibility index (Phi) is 5.24. The van der Waals surface area contributed by atoms with Crippen molar-refractivity contribution in [2.75, 3.05) is 12.4 Å². The minimum absolute atomic E-state index is 0.112. The summed E-state index contributed by atoms with van der Waals surface area (Å²) in [5, 5.41) is 11.6. The second-order valence-corrected chi connectivity index (χ2v) is 8.27. The van der Waals surface area contributed by atoms with Crippen LogP contribution in [0.2, 0.25) is 0 Å². The highest BCUT2D eigenvalue weighted by atomic mass is 32.2. The summed E-state index contributed by atoms with van der Waals surface area (Å²) in [6.07, 6.45) is 0. The van der Waals surface area contributed by atoms with Gasteiger partial charge in [0.2, 0.25) is 5.13 Å². The van der Waals surface area contributed by atoms with E-state index in [0.717, 1.165) is 32.1 Å². The van der Waals surface area contributed by atoms with Gasteiger partial charge < -0.3 is 9.88 Å². The Morgan fingerprint density at radius 2 is 1.96 bits per heavy atom. The lowest BCUT2D eigenvalue weighted by atomic mass is 10.1. The monoisotopic (exact) mass is 372 g/mol. The SMILES string of the molecule is CNc1nnc(S[C@@H](C)C(=O)c2cc(C)n(-c3ccccc3)c2C)s1. The lowest BCUT2D eigenvalue weighted by Gasteiger charge is -2.11. The number of nitrogens with zero attached hydrogens (tertiary/aromatic N) is 3. The van der Waals surface area contributed by atoms with Gasteiger partial charge in [-0.1, -0.05) is 41.3 Å². The van der Waals surface area contributed by atoms with Crippen LogP contribution in [0, 0.1) is 13.8 Å². The maximum atomic E-state index is 12.9. The lowest BCUT2D eigenvalue weighted by Crippen LogP contribution is -2.14. The standard InChI is InChI=1S/C18H20N4OS2/c1-11-10-15(12(2)22(11)14-8-6-5-7-9-14)16(23)13(3)24-18-21-20-17(19-4)25-18/h5-10,13H,1-4H3,(H,19,20)/t13-/m0/s1. The lowest BCUT2D eigenvalue weighted by molar-refractivity contribution is 0.0993. The molecule has 130 valence electrons. The first-order valence-corrected chi connectivity index (χ1v) is 9.67. The number of rotatable bonds is 6. The van der Waals surface area contributed by atoms with Gasteiger partial charge in [0, 0.05) is 29.7 Å². The number of thioether (sulfide) groups is 1. The number of carbonyl (C=O) groups is 1. The summed E-state index contributed by atoms with van der Waals surface area (Å²) >= 11 is 2.90. The minimum atomic E-state index is -0.220. The van der Waals surface area contributed by atoms with Crippen molar-refractivity contribution in [3.63, 3.8) is 0 Å². The molecule has 3 aromatic rings. The van der Waals surface area contributed by atoms with E-state index in [1.165, 1.54) is 23.1 Å². The van der Waals surface area contributed by atoms with Gasteiger partial charge >= 0.3 is 0 Å². The number of hydrogen-bond donors (Lipinski definition) is 1. The van der Waals surface area contributed by atoms with Crippen LogP contribution in [0.15, 0.2) is 40.7 Å². The van der Waals surface area contributed by atoms with Crippen LogP contribution in [0.1, 0.15) is 28.7 Å². The second kappa shape index (κ2) is 7.41. The molecule has 0 aliphatic rings. The van der Waals surface area contributed by atoms with Crippen LogP contribution in [-0.2, 0) is 0 Å². The first-order chi connectivity index (χ1) is 12.0. The number of anilines is 1. The normalized spacial score (nSPS) is 12.2. The Morgan fingerprint density at radius 3 is 2.60 bits per heavy atom. The van der Waals surface area contributed by atoms with Gasteiger partial charge in [0.25, 0.3) is 0 Å². The predicted molar refractivity (Wildman–Crippen MR) is 104 cm³/mol. The van der Waals surface area contributed by atoms with E-state index >= 15 is 0 Å². The molecule has 0 unspecified atom stereocenters. The number of nitrogens with one attached hydrogen (secondary N) is 1. The molecule has 0 radical (unpaired) electrons. The number of Topliss-reactive ketones (excluding diaryl/α,β-unsaturated/α-hetero) is 1. The van der Waals surface area contributed by atoms with Crippen molar-refractivity contribution in [2.45, 2.75) is 30.4 Å². The molecule has 7 heteroatoms. The van der Waals surface area contributed by atoms with E-state index in [-0.39, 0.29) is 11.0 Å². The van der Waals surface area contributed by atoms with Gasteiger partial charge in [-0.3, -0.25) is 4.79 Å². The van der Waals surface area contributed by atoms with Gasteiger partial charge in [-0.25, -0.2) is 0 Å². The quantitative estimate of drug-likeness (QED) is 0.515. The van der Waals surface area contributed by atoms with E-state index in [9.17, 15) is 4.79 Å². The number of benzene rings is 1. The minimum Gasteiger partial charge on any atom is -0.363 e. The average molecular weight is 373 g/mol. The summed E-state index contributed by atoms with van der Waals surface area (Å²) in [6, 6.07) is 12.1. The zero-order valence-corrected chi connectivity index (χ0v) is 16.2. The molecular weight excluding hydrogens is 352 g/mol. The van der Waals surface area contributed by atoms with Crippen LogP contribution < -0.4 is 5.32 Å². The van der Waals surface area contributed by atoms with Crippen LogP contribution in [0.3, 0.4) is 0 Å². The van der Waals surface area contributed by atoms with E-state index < -0.39 is 0 Å². The van der Waals surface area contributed by atoms with E-state index in [2.05, 4.69) is 20.1 Å². The fourth-order valence-corrected chi connectivity index (χ4v) is 4.69. The largest absolute Gasteiger partial charge is 0.363 e. The van der Waals surface area contributed by atoms with Crippen LogP contribution in [-0.4, -0.2) is 32.8 Å². The van der Waals surface area contributed by atoms with Gasteiger partial charge in [0.1, 0.15) is 0 Å². The smallest absolute Gasteiger partial charge is 0.206 e. The van der Waals surface area contributed by atoms with Gasteiger partial charge in [-0.05, 0) is 39.0 Å². The molecule has 0 aliphatic carbocycles. The van der Waals surface area contributed by atoms with Crippen molar-refractivity contribution < 1.29 is 4.79 Å². The second-order valence-electron chi connectivity index (χ2n) is 5.70. The number of para-hydroxylation sites is 1. The molecule has 0 spiro atoms. The Balaban J connectivity index is 1.85. The number of ketones is 1. The summed E-state index contributed by atoms with van der Waals surface area (Å²) in [6.45, 7) is 5.94. The Hall–Kier alpha value is -2.12. The molecule has 1 atom stereocenters. The zero-order chi connectivity index (χ0) is 18.0. The Morgan fingerprint density at radius 1 is 1.24 bits per heavy atom. The van der Waals surface area contributed by atoms with E-state index in [4.69, 9.17) is 0 Å². The molecule has 1 N–H and O–H groups in total. The number of aromatic nitrogens is 3. The van der Waals surface area contributed by atoms with Crippen molar-refractivity contribution in [3.05, 3.63) is 53.3 Å². The average Bonchev–Trinajstić information content (AvgIpc) is 3.19. The summed E-state index contributed by atoms with van der Waals surface area (Å²) in [5.41, 5.74) is 3.85. The molecule has 3 rings (SSSR count). The first kappa shape index (κ1) is 17.7. The maximum absolute atomic E-state index is 12.9. The van der Waals surface area contributed by atoms with Crippen molar-refractivity contribution >= 4 is 34.0 Å². The molecule has 0 saturated heterocycles. The van der Waals surface area contributed by atoms with Gasteiger partial charge in [0.15, 0.2) is 10.1 Å². The van der Waals surface area contributed by atoms with Crippen molar-refractivity contribution in [2.24, 2.45) is 0 Å². The molecular formula is C18H20N4OS2. The van der Waals surface area contributed by atoms with Gasteiger partial charge in [0.05, 0.1) is 5.25 Å². The predicted octanol–water partition coefficient (Wildman–Crippen LogP) is 4.35. The van der Waals surface area contributed by atoms with Gasteiger partial charge in [-0.15, -0.1) is 10.2 Å². The molecule has 5 nitrogen and oxygen atoms in total. The summed E-state index contributed by atoms with van der Waals surface area (Å²) in [5.74, 6) is 0.112. The topological polar surface area (TPSA) is 59.8 Å². The van der Waals surface area contributed by atoms with Crippen LogP contribution in [0.5, 0.6) is 0 Å². The highest BCUT2D eigenvalue weighted by Gasteiger charge is 2.23. The molecule has 0 saturated carbocycles.